The van der Waals surface area contributed by atoms with Crippen molar-refractivity contribution >= 4 is 21.9 Å². The number of rotatable bonds is 5. The van der Waals surface area contributed by atoms with E-state index < -0.39 is 5.97 Å². The molecule has 1 aliphatic rings. The zero-order valence-electron chi connectivity index (χ0n) is 9.20. The summed E-state index contributed by atoms with van der Waals surface area (Å²) < 4.78 is 13.8. The van der Waals surface area contributed by atoms with Gasteiger partial charge in [0.15, 0.2) is 0 Å². The van der Waals surface area contributed by atoms with Gasteiger partial charge in [-0.2, -0.15) is 0 Å². The molecular weight excluding hydrogens is 289 g/mol. The minimum atomic E-state index is -0.838. The van der Waals surface area contributed by atoms with Crippen LogP contribution >= 0.6 is 15.9 Å². The molecule has 0 bridgehead atoms. The van der Waals surface area contributed by atoms with E-state index >= 15 is 0 Å². The van der Waals surface area contributed by atoms with Crippen LogP contribution < -0.4 is 0 Å². The molecule has 0 amide bonds. The SMILES string of the molecule is O=C(O)CN(Cc1ccc(Br)c(F)c1)C1CC1. The van der Waals surface area contributed by atoms with E-state index in [4.69, 9.17) is 5.11 Å². The van der Waals surface area contributed by atoms with E-state index in [0.717, 1.165) is 18.4 Å². The normalized spacial score (nSPS) is 15.2. The summed E-state index contributed by atoms with van der Waals surface area (Å²) in [5.74, 6) is -1.15. The van der Waals surface area contributed by atoms with Gasteiger partial charge in [0.25, 0.3) is 0 Å². The lowest BCUT2D eigenvalue weighted by Crippen LogP contribution is -2.31. The summed E-state index contributed by atoms with van der Waals surface area (Å²) >= 11 is 3.09. The van der Waals surface area contributed by atoms with Gasteiger partial charge in [0.2, 0.25) is 0 Å². The average molecular weight is 302 g/mol. The molecule has 3 nitrogen and oxygen atoms in total. The van der Waals surface area contributed by atoms with Crippen LogP contribution in [0.2, 0.25) is 0 Å². The van der Waals surface area contributed by atoms with Crippen LogP contribution in [-0.2, 0) is 11.3 Å². The molecule has 0 spiro atoms. The van der Waals surface area contributed by atoms with Gasteiger partial charge in [0.1, 0.15) is 5.82 Å². The molecule has 0 aromatic heterocycles. The number of carboxylic acids is 1. The topological polar surface area (TPSA) is 40.5 Å². The number of halogens is 2. The van der Waals surface area contributed by atoms with Crippen LogP contribution in [0.4, 0.5) is 4.39 Å². The van der Waals surface area contributed by atoms with Crippen molar-refractivity contribution in [2.45, 2.75) is 25.4 Å². The van der Waals surface area contributed by atoms with Crippen molar-refractivity contribution in [3.05, 3.63) is 34.1 Å². The van der Waals surface area contributed by atoms with Crippen LogP contribution in [0.15, 0.2) is 22.7 Å². The van der Waals surface area contributed by atoms with Gasteiger partial charge in [-0.3, -0.25) is 9.69 Å². The van der Waals surface area contributed by atoms with Gasteiger partial charge < -0.3 is 5.11 Å². The standard InChI is InChI=1S/C12H13BrFNO2/c13-10-4-1-8(5-11(10)14)6-15(7-12(16)17)9-2-3-9/h1,4-5,9H,2-3,6-7H2,(H,16,17). The highest BCUT2D eigenvalue weighted by Crippen LogP contribution is 2.28. The van der Waals surface area contributed by atoms with Crippen LogP contribution in [0.1, 0.15) is 18.4 Å². The monoisotopic (exact) mass is 301 g/mol. The second kappa shape index (κ2) is 5.14. The van der Waals surface area contributed by atoms with Crippen LogP contribution in [-0.4, -0.2) is 28.6 Å². The third-order valence-electron chi connectivity index (χ3n) is 2.77. The quantitative estimate of drug-likeness (QED) is 0.909. The first-order valence-electron chi connectivity index (χ1n) is 5.46. The van der Waals surface area contributed by atoms with Crippen molar-refractivity contribution in [3.8, 4) is 0 Å². The van der Waals surface area contributed by atoms with Crippen LogP contribution in [0.25, 0.3) is 0 Å². The van der Waals surface area contributed by atoms with Crippen molar-refractivity contribution in [1.29, 1.82) is 0 Å². The van der Waals surface area contributed by atoms with Gasteiger partial charge in [-0.25, -0.2) is 4.39 Å². The van der Waals surface area contributed by atoms with E-state index in [1.54, 1.807) is 6.07 Å². The Morgan fingerprint density at radius 3 is 2.76 bits per heavy atom. The molecule has 1 aliphatic carbocycles. The fourth-order valence-corrected chi connectivity index (χ4v) is 2.05. The van der Waals surface area contributed by atoms with E-state index in [0.29, 0.717) is 17.1 Å². The van der Waals surface area contributed by atoms with E-state index in [9.17, 15) is 9.18 Å². The Hall–Kier alpha value is -0.940. The summed E-state index contributed by atoms with van der Waals surface area (Å²) in [7, 11) is 0. The molecule has 92 valence electrons. The van der Waals surface area contributed by atoms with Gasteiger partial charge in [-0.1, -0.05) is 6.07 Å². The lowest BCUT2D eigenvalue weighted by Gasteiger charge is -2.19. The van der Waals surface area contributed by atoms with Gasteiger partial charge in [-0.05, 0) is 46.5 Å². The fourth-order valence-electron chi connectivity index (χ4n) is 1.80. The van der Waals surface area contributed by atoms with Crippen LogP contribution in [0.5, 0.6) is 0 Å². The first-order chi connectivity index (χ1) is 8.06. The van der Waals surface area contributed by atoms with E-state index in [2.05, 4.69) is 15.9 Å². The van der Waals surface area contributed by atoms with Crippen molar-refractivity contribution < 1.29 is 14.3 Å². The summed E-state index contributed by atoms with van der Waals surface area (Å²) in [6, 6.07) is 5.25. The second-order valence-electron chi connectivity index (χ2n) is 4.28. The largest absolute Gasteiger partial charge is 0.480 e. The summed E-state index contributed by atoms with van der Waals surface area (Å²) in [4.78, 5) is 12.6. The molecule has 1 saturated carbocycles. The van der Waals surface area contributed by atoms with Gasteiger partial charge in [0.05, 0.1) is 11.0 Å². The van der Waals surface area contributed by atoms with Gasteiger partial charge in [-0.15, -0.1) is 0 Å². The Morgan fingerprint density at radius 2 is 2.24 bits per heavy atom. The highest BCUT2D eigenvalue weighted by molar-refractivity contribution is 9.10. The lowest BCUT2D eigenvalue weighted by atomic mass is 10.2. The maximum atomic E-state index is 13.3. The highest BCUT2D eigenvalue weighted by Gasteiger charge is 2.30. The summed E-state index contributed by atoms with van der Waals surface area (Å²) in [6.07, 6.45) is 2.07. The van der Waals surface area contributed by atoms with Crippen molar-refractivity contribution in [3.63, 3.8) is 0 Å². The Labute approximate surface area is 107 Å². The number of carboxylic acid groups (broad SMARTS) is 1. The van der Waals surface area contributed by atoms with Gasteiger partial charge >= 0.3 is 5.97 Å². The van der Waals surface area contributed by atoms with E-state index in [1.807, 2.05) is 11.0 Å². The number of carbonyl (C=O) groups is 1. The number of benzene rings is 1. The van der Waals surface area contributed by atoms with Crippen molar-refractivity contribution in [1.82, 2.24) is 4.90 Å². The maximum absolute atomic E-state index is 13.3. The smallest absolute Gasteiger partial charge is 0.317 e. The first kappa shape index (κ1) is 12.5. The predicted octanol–water partition coefficient (Wildman–Crippen LogP) is 2.64. The summed E-state index contributed by atoms with van der Waals surface area (Å²) in [5.41, 5.74) is 0.804. The molecule has 17 heavy (non-hydrogen) atoms. The van der Waals surface area contributed by atoms with Crippen LogP contribution in [0.3, 0.4) is 0 Å². The highest BCUT2D eigenvalue weighted by atomic mass is 79.9. The van der Waals surface area contributed by atoms with Crippen LogP contribution in [0, 0.1) is 5.82 Å². The molecule has 0 atom stereocenters. The minimum absolute atomic E-state index is 0.0162. The van der Waals surface area contributed by atoms with Crippen molar-refractivity contribution in [2.75, 3.05) is 6.54 Å². The second-order valence-corrected chi connectivity index (χ2v) is 5.13. The predicted molar refractivity (Wildman–Crippen MR) is 65.2 cm³/mol. The minimum Gasteiger partial charge on any atom is -0.480 e. The zero-order valence-corrected chi connectivity index (χ0v) is 10.8. The molecule has 1 N–H and O–H groups in total. The molecule has 0 aliphatic heterocycles. The Morgan fingerprint density at radius 1 is 1.53 bits per heavy atom. The lowest BCUT2D eigenvalue weighted by molar-refractivity contribution is -0.138. The average Bonchev–Trinajstić information content (AvgIpc) is 3.05. The van der Waals surface area contributed by atoms with Crippen molar-refractivity contribution in [2.24, 2.45) is 0 Å². The summed E-state index contributed by atoms with van der Waals surface area (Å²) in [5, 5.41) is 8.81. The molecular formula is C12H13BrFNO2. The van der Waals surface area contributed by atoms with E-state index in [-0.39, 0.29) is 12.4 Å². The fraction of sp³-hybridized carbons (Fsp3) is 0.417. The zero-order chi connectivity index (χ0) is 12.4. The Bertz CT molecular complexity index is 435. The molecule has 1 fully saturated rings. The first-order valence-corrected chi connectivity index (χ1v) is 6.25. The maximum Gasteiger partial charge on any atom is 0.317 e. The number of hydrogen-bond acceptors (Lipinski definition) is 2. The molecule has 1 aromatic carbocycles. The molecule has 0 unspecified atom stereocenters. The molecule has 5 heteroatoms. The molecule has 0 heterocycles. The molecule has 1 aromatic rings. The number of aliphatic carboxylic acids is 1. The third-order valence-corrected chi connectivity index (χ3v) is 3.41. The van der Waals surface area contributed by atoms with Gasteiger partial charge in [0, 0.05) is 12.6 Å². The van der Waals surface area contributed by atoms with E-state index in [1.165, 1.54) is 6.07 Å². The summed E-state index contributed by atoms with van der Waals surface area (Å²) in [6.45, 7) is 0.503. The Balaban J connectivity index is 2.06. The number of hydrogen-bond donors (Lipinski definition) is 1. The molecule has 0 radical (unpaired) electrons. The molecule has 2 rings (SSSR count). The number of nitrogens with zero attached hydrogens (tertiary/aromatic N) is 1. The molecule has 0 saturated heterocycles. The Kier molecular flexibility index (Phi) is 3.79. The third kappa shape index (κ3) is 3.51.